The van der Waals surface area contributed by atoms with Gasteiger partial charge in [0.2, 0.25) is 0 Å². The van der Waals surface area contributed by atoms with E-state index in [1.807, 2.05) is 20.8 Å². The molecule has 1 aliphatic rings. The van der Waals surface area contributed by atoms with Gasteiger partial charge >= 0.3 is 12.1 Å². The van der Waals surface area contributed by atoms with E-state index in [2.05, 4.69) is 5.32 Å². The van der Waals surface area contributed by atoms with Crippen molar-refractivity contribution in [1.82, 2.24) is 10.2 Å². The molecule has 0 aromatic heterocycles. The predicted octanol–water partition coefficient (Wildman–Crippen LogP) is 2.78. The number of nitrogens with one attached hydrogen (secondary N) is 1. The lowest BCUT2D eigenvalue weighted by Crippen LogP contribution is -2.80. The van der Waals surface area contributed by atoms with E-state index in [4.69, 9.17) is 9.84 Å². The zero-order chi connectivity index (χ0) is 19.4. The first-order valence-electron chi connectivity index (χ1n) is 8.97. The summed E-state index contributed by atoms with van der Waals surface area (Å²) < 4.78 is 5.33. The van der Waals surface area contributed by atoms with Crippen LogP contribution in [0, 0.1) is 5.92 Å². The molecule has 7 nitrogen and oxygen atoms in total. The van der Waals surface area contributed by atoms with Crippen LogP contribution in [0.4, 0.5) is 4.79 Å². The Morgan fingerprint density at radius 3 is 2.40 bits per heavy atom. The molecule has 1 aliphatic heterocycles. The second-order valence-corrected chi connectivity index (χ2v) is 8.17. The van der Waals surface area contributed by atoms with Gasteiger partial charge in [0.1, 0.15) is 17.7 Å². The predicted molar refractivity (Wildman–Crippen MR) is 94.2 cm³/mol. The van der Waals surface area contributed by atoms with Crippen molar-refractivity contribution >= 4 is 18.0 Å². The maximum atomic E-state index is 12.8. The number of β-lactam (4-membered cyclic amide) rings is 1. The number of alkyl carbamates (subject to hydrolysis) is 1. The van der Waals surface area contributed by atoms with Crippen LogP contribution < -0.4 is 5.32 Å². The van der Waals surface area contributed by atoms with Gasteiger partial charge in [-0.2, -0.15) is 0 Å². The number of hydrogen-bond acceptors (Lipinski definition) is 4. The van der Waals surface area contributed by atoms with Crippen molar-refractivity contribution in [3.8, 4) is 0 Å². The van der Waals surface area contributed by atoms with Crippen LogP contribution >= 0.6 is 0 Å². The highest BCUT2D eigenvalue weighted by Gasteiger charge is 2.61. The summed E-state index contributed by atoms with van der Waals surface area (Å²) in [7, 11) is 0. The number of unbranched alkanes of at least 4 members (excludes halogenated alkanes) is 1. The third-order valence-corrected chi connectivity index (χ3v) is 4.24. The summed E-state index contributed by atoms with van der Waals surface area (Å²) in [6.45, 7) is 11.0. The molecule has 0 aromatic rings. The average Bonchev–Trinajstić information content (AvgIpc) is 2.44. The van der Waals surface area contributed by atoms with E-state index >= 15 is 0 Å². The first-order valence-corrected chi connectivity index (χ1v) is 8.97. The second kappa shape index (κ2) is 8.06. The van der Waals surface area contributed by atoms with Gasteiger partial charge in [-0.25, -0.2) is 4.79 Å². The number of ether oxygens (including phenoxy) is 1. The minimum atomic E-state index is -1.07. The zero-order valence-electron chi connectivity index (χ0n) is 16.2. The van der Waals surface area contributed by atoms with Crippen molar-refractivity contribution in [1.29, 1.82) is 0 Å². The lowest BCUT2D eigenvalue weighted by molar-refractivity contribution is -0.170. The van der Waals surface area contributed by atoms with Crippen molar-refractivity contribution in [3.05, 3.63) is 0 Å². The number of aliphatic carboxylic acids is 1. The number of hydrogen-bond donors (Lipinski definition) is 2. The van der Waals surface area contributed by atoms with E-state index in [1.165, 1.54) is 4.90 Å². The van der Waals surface area contributed by atoms with Crippen LogP contribution in [0.1, 0.15) is 67.2 Å². The molecular formula is C18H32N2O5. The summed E-state index contributed by atoms with van der Waals surface area (Å²) >= 11 is 0. The Kier molecular flexibility index (Phi) is 6.85. The van der Waals surface area contributed by atoms with Crippen LogP contribution in [-0.2, 0) is 14.3 Å². The molecule has 0 spiro atoms. The quantitative estimate of drug-likeness (QED) is 0.652. The number of carbonyl (C=O) groups is 3. The molecule has 1 saturated heterocycles. The van der Waals surface area contributed by atoms with Gasteiger partial charge in [-0.3, -0.25) is 9.59 Å². The van der Waals surface area contributed by atoms with Crippen molar-refractivity contribution in [2.75, 3.05) is 6.54 Å². The minimum absolute atomic E-state index is 0.260. The Hall–Kier alpha value is -1.79. The zero-order valence-corrected chi connectivity index (χ0v) is 16.2. The number of nitrogens with zero attached hydrogens (tertiary/aromatic N) is 1. The van der Waals surface area contributed by atoms with Crippen LogP contribution in [0.15, 0.2) is 0 Å². The number of carboxylic acids is 1. The van der Waals surface area contributed by atoms with Gasteiger partial charge in [-0.15, -0.1) is 0 Å². The molecule has 1 rings (SSSR count). The molecule has 0 aliphatic carbocycles. The summed E-state index contributed by atoms with van der Waals surface area (Å²) in [5.41, 5.74) is -1.74. The molecule has 2 atom stereocenters. The van der Waals surface area contributed by atoms with Gasteiger partial charge in [0.15, 0.2) is 0 Å². The monoisotopic (exact) mass is 356 g/mol. The SMILES string of the molecule is CCCC[C@]1(NC(=O)OC(C)(C)C)C(=O)N(CC(=O)O)[C@@H]1CC(C)C. The Balaban J connectivity index is 3.08. The van der Waals surface area contributed by atoms with Gasteiger partial charge in [0.25, 0.3) is 5.91 Å². The summed E-state index contributed by atoms with van der Waals surface area (Å²) in [5, 5.41) is 11.9. The lowest BCUT2D eigenvalue weighted by Gasteiger charge is -2.56. The molecule has 0 aromatic carbocycles. The highest BCUT2D eigenvalue weighted by molar-refractivity contribution is 5.98. The maximum absolute atomic E-state index is 12.8. The number of amides is 2. The second-order valence-electron chi connectivity index (χ2n) is 8.17. The summed E-state index contributed by atoms with van der Waals surface area (Å²) in [4.78, 5) is 37.6. The standard InChI is InChI=1S/C18H32N2O5/c1-7-8-9-18(19-16(24)25-17(4,5)6)13(10-12(2)3)20(15(18)23)11-14(21)22/h12-13H,7-11H2,1-6H3,(H,19,24)(H,21,22)/t13-,18-/m1/s1. The van der Waals surface area contributed by atoms with E-state index < -0.39 is 23.2 Å². The smallest absolute Gasteiger partial charge is 0.408 e. The Bertz CT molecular complexity index is 512. The normalized spacial score (nSPS) is 23.4. The first kappa shape index (κ1) is 21.3. The van der Waals surface area contributed by atoms with Crippen LogP contribution in [-0.4, -0.2) is 51.7 Å². The molecule has 2 N–H and O–H groups in total. The molecule has 7 heteroatoms. The van der Waals surface area contributed by atoms with Crippen LogP contribution in [0.5, 0.6) is 0 Å². The third-order valence-electron chi connectivity index (χ3n) is 4.24. The molecule has 144 valence electrons. The molecule has 25 heavy (non-hydrogen) atoms. The number of rotatable bonds is 8. The van der Waals surface area contributed by atoms with Crippen LogP contribution in [0.25, 0.3) is 0 Å². The highest BCUT2D eigenvalue weighted by Crippen LogP contribution is 2.39. The Labute approximate surface area is 150 Å². The van der Waals surface area contributed by atoms with E-state index in [0.717, 1.165) is 12.8 Å². The van der Waals surface area contributed by atoms with Crippen LogP contribution in [0.3, 0.4) is 0 Å². The molecule has 0 radical (unpaired) electrons. The fourth-order valence-corrected chi connectivity index (χ4v) is 3.26. The van der Waals surface area contributed by atoms with Gasteiger partial charge in [-0.05, 0) is 39.5 Å². The van der Waals surface area contributed by atoms with Crippen molar-refractivity contribution in [2.45, 2.75) is 84.4 Å². The number of carboxylic acid groups (broad SMARTS) is 1. The molecule has 0 bridgehead atoms. The van der Waals surface area contributed by atoms with Crippen molar-refractivity contribution in [3.63, 3.8) is 0 Å². The highest BCUT2D eigenvalue weighted by atomic mass is 16.6. The van der Waals surface area contributed by atoms with Gasteiger partial charge in [-0.1, -0.05) is 33.6 Å². The van der Waals surface area contributed by atoms with Crippen molar-refractivity contribution < 1.29 is 24.2 Å². The lowest BCUT2D eigenvalue weighted by atomic mass is 9.71. The summed E-state index contributed by atoms with van der Waals surface area (Å²) in [5.74, 6) is -1.13. The fraction of sp³-hybridized carbons (Fsp3) is 0.833. The molecule has 0 saturated carbocycles. The Morgan fingerprint density at radius 1 is 1.36 bits per heavy atom. The Morgan fingerprint density at radius 2 is 1.96 bits per heavy atom. The fourth-order valence-electron chi connectivity index (χ4n) is 3.26. The van der Waals surface area contributed by atoms with E-state index in [1.54, 1.807) is 20.8 Å². The molecular weight excluding hydrogens is 324 g/mol. The van der Waals surface area contributed by atoms with E-state index in [0.29, 0.717) is 12.8 Å². The minimum Gasteiger partial charge on any atom is -0.480 e. The molecule has 1 heterocycles. The topological polar surface area (TPSA) is 95.9 Å². The largest absolute Gasteiger partial charge is 0.480 e. The first-order chi connectivity index (χ1) is 11.4. The molecule has 0 unspecified atom stereocenters. The van der Waals surface area contributed by atoms with Crippen molar-refractivity contribution in [2.24, 2.45) is 5.92 Å². The van der Waals surface area contributed by atoms with Gasteiger partial charge in [0.05, 0.1) is 6.04 Å². The van der Waals surface area contributed by atoms with E-state index in [-0.39, 0.29) is 24.4 Å². The summed E-state index contributed by atoms with van der Waals surface area (Å²) in [6, 6.07) is -0.338. The van der Waals surface area contributed by atoms with Crippen LogP contribution in [0.2, 0.25) is 0 Å². The molecule has 2 amide bonds. The van der Waals surface area contributed by atoms with Gasteiger partial charge in [0, 0.05) is 0 Å². The summed E-state index contributed by atoms with van der Waals surface area (Å²) in [6.07, 6.45) is 2.10. The third kappa shape index (κ3) is 5.34. The number of carbonyl (C=O) groups excluding carboxylic acids is 2. The maximum Gasteiger partial charge on any atom is 0.408 e. The number of likely N-dealkylation sites (tertiary alicyclic amines) is 1. The van der Waals surface area contributed by atoms with E-state index in [9.17, 15) is 14.4 Å². The average molecular weight is 356 g/mol. The van der Waals surface area contributed by atoms with Gasteiger partial charge < -0.3 is 20.1 Å². The molecule has 1 fully saturated rings.